The van der Waals surface area contributed by atoms with Crippen molar-refractivity contribution in [3.8, 4) is 28.4 Å². The van der Waals surface area contributed by atoms with Crippen LogP contribution in [0, 0.1) is 5.82 Å². The fraction of sp³-hybridized carbons (Fsp3) is 0.519. The predicted octanol–water partition coefficient (Wildman–Crippen LogP) is 4.36. The van der Waals surface area contributed by atoms with Gasteiger partial charge < -0.3 is 24.4 Å². The fourth-order valence-corrected chi connectivity index (χ4v) is 6.20. The largest absolute Gasteiger partial charge is 0.480 e. The number of methoxy groups -OCH3 is 1. The van der Waals surface area contributed by atoms with Gasteiger partial charge in [-0.2, -0.15) is 5.10 Å². The Morgan fingerprint density at radius 2 is 1.95 bits per heavy atom. The van der Waals surface area contributed by atoms with E-state index in [4.69, 9.17) is 9.47 Å². The van der Waals surface area contributed by atoms with Gasteiger partial charge >= 0.3 is 6.09 Å². The number of pyridine rings is 1. The molecule has 3 aliphatic heterocycles. The van der Waals surface area contributed by atoms with E-state index < -0.39 is 11.9 Å². The zero-order chi connectivity index (χ0) is 27.1. The van der Waals surface area contributed by atoms with Crippen molar-refractivity contribution in [3.05, 3.63) is 36.4 Å². The Morgan fingerprint density at radius 1 is 1.15 bits per heavy atom. The van der Waals surface area contributed by atoms with Crippen molar-refractivity contribution in [1.82, 2.24) is 29.9 Å². The number of carboxylic acid groups (broad SMARTS) is 1. The summed E-state index contributed by atoms with van der Waals surface area (Å²) in [6, 6.07) is 5.19. The van der Waals surface area contributed by atoms with E-state index in [9.17, 15) is 9.90 Å². The quantitative estimate of drug-likeness (QED) is 0.489. The minimum Gasteiger partial charge on any atom is -0.480 e. The molecule has 12 heteroatoms. The lowest BCUT2D eigenvalue weighted by molar-refractivity contribution is -0.0394. The molecule has 0 aliphatic carbocycles. The highest BCUT2D eigenvalue weighted by Gasteiger charge is 2.44. The summed E-state index contributed by atoms with van der Waals surface area (Å²) in [5, 5.41) is 22.6. The maximum Gasteiger partial charge on any atom is 0.407 e. The Morgan fingerprint density at radius 3 is 2.59 bits per heavy atom. The van der Waals surface area contributed by atoms with Gasteiger partial charge in [0.25, 0.3) is 0 Å². The second kappa shape index (κ2) is 10.4. The van der Waals surface area contributed by atoms with Gasteiger partial charge in [0.1, 0.15) is 17.7 Å². The van der Waals surface area contributed by atoms with Crippen molar-refractivity contribution < 1.29 is 23.8 Å². The summed E-state index contributed by atoms with van der Waals surface area (Å²) in [6.07, 6.45) is 8.65. The number of hydrogen-bond donors (Lipinski definition) is 1. The number of carbonyl (C=O) groups is 1. The van der Waals surface area contributed by atoms with Crippen molar-refractivity contribution in [1.29, 1.82) is 0 Å². The Labute approximate surface area is 225 Å². The van der Waals surface area contributed by atoms with E-state index in [-0.39, 0.29) is 35.8 Å². The van der Waals surface area contributed by atoms with Crippen LogP contribution in [0.15, 0.2) is 30.6 Å². The van der Waals surface area contributed by atoms with Gasteiger partial charge in [-0.1, -0.05) is 0 Å². The van der Waals surface area contributed by atoms with Gasteiger partial charge in [-0.05, 0) is 57.1 Å². The fourth-order valence-electron chi connectivity index (χ4n) is 6.20. The van der Waals surface area contributed by atoms with Crippen LogP contribution in [0.5, 0.6) is 5.88 Å². The SMILES string of the molecule is COc1nc(-c2ccc(N(C)C3CC4CCC(C3)N4C(=O)O)nn2)cc(F)c1-c1cnn(C2CCCCO2)c1. The molecule has 0 spiro atoms. The molecular formula is C27H32FN7O4. The lowest BCUT2D eigenvalue weighted by Gasteiger charge is -2.41. The van der Waals surface area contributed by atoms with Crippen LogP contribution in [0.1, 0.15) is 51.2 Å². The van der Waals surface area contributed by atoms with Gasteiger partial charge in [-0.15, -0.1) is 10.2 Å². The normalized spacial score (nSPS) is 24.5. The molecule has 0 radical (unpaired) electrons. The summed E-state index contributed by atoms with van der Waals surface area (Å²) in [5.41, 5.74) is 1.52. The molecule has 11 nitrogen and oxygen atoms in total. The first-order valence-electron chi connectivity index (χ1n) is 13.4. The van der Waals surface area contributed by atoms with E-state index in [1.807, 2.05) is 13.1 Å². The maximum atomic E-state index is 15.4. The molecule has 6 heterocycles. The first-order chi connectivity index (χ1) is 18.9. The predicted molar refractivity (Wildman–Crippen MR) is 140 cm³/mol. The minimum absolute atomic E-state index is 0.0429. The molecule has 0 aromatic carbocycles. The Balaban J connectivity index is 1.20. The molecule has 206 valence electrons. The Kier molecular flexibility index (Phi) is 6.79. The summed E-state index contributed by atoms with van der Waals surface area (Å²) < 4.78 is 28.4. The van der Waals surface area contributed by atoms with Gasteiger partial charge in [0.2, 0.25) is 5.88 Å². The van der Waals surface area contributed by atoms with Crippen LogP contribution in [0.4, 0.5) is 15.0 Å². The molecule has 2 bridgehead atoms. The molecule has 39 heavy (non-hydrogen) atoms. The molecule has 3 aliphatic rings. The van der Waals surface area contributed by atoms with E-state index >= 15 is 4.39 Å². The molecule has 3 aromatic heterocycles. The van der Waals surface area contributed by atoms with E-state index in [2.05, 4.69) is 25.2 Å². The smallest absolute Gasteiger partial charge is 0.407 e. The molecule has 6 rings (SSSR count). The Bertz CT molecular complexity index is 1330. The minimum atomic E-state index is -0.832. The topological polar surface area (TPSA) is 119 Å². The summed E-state index contributed by atoms with van der Waals surface area (Å²) >= 11 is 0. The van der Waals surface area contributed by atoms with Crippen molar-refractivity contribution in [2.24, 2.45) is 0 Å². The molecule has 3 fully saturated rings. The van der Waals surface area contributed by atoms with Crippen LogP contribution in [-0.4, -0.2) is 80.0 Å². The monoisotopic (exact) mass is 537 g/mol. The highest BCUT2D eigenvalue weighted by molar-refractivity contribution is 5.71. The molecule has 0 saturated carbocycles. The number of aromatic nitrogens is 5. The van der Waals surface area contributed by atoms with Crippen molar-refractivity contribution in [3.63, 3.8) is 0 Å². The molecule has 3 unspecified atom stereocenters. The number of rotatable bonds is 6. The van der Waals surface area contributed by atoms with Crippen molar-refractivity contribution >= 4 is 11.9 Å². The van der Waals surface area contributed by atoms with Gasteiger partial charge in [-0.3, -0.25) is 0 Å². The third-order valence-electron chi connectivity index (χ3n) is 8.22. The van der Waals surface area contributed by atoms with E-state index in [0.29, 0.717) is 29.4 Å². The van der Waals surface area contributed by atoms with Crippen LogP contribution < -0.4 is 9.64 Å². The first kappa shape index (κ1) is 25.5. The van der Waals surface area contributed by atoms with E-state index in [1.54, 1.807) is 28.0 Å². The third-order valence-corrected chi connectivity index (χ3v) is 8.22. The summed E-state index contributed by atoms with van der Waals surface area (Å²) in [4.78, 5) is 19.8. The van der Waals surface area contributed by atoms with Crippen LogP contribution in [-0.2, 0) is 4.74 Å². The van der Waals surface area contributed by atoms with Crippen LogP contribution in [0.3, 0.4) is 0 Å². The second-order valence-corrected chi connectivity index (χ2v) is 10.5. The number of piperidine rings is 1. The average Bonchev–Trinajstić information content (AvgIpc) is 3.55. The number of anilines is 1. The highest BCUT2D eigenvalue weighted by Crippen LogP contribution is 2.39. The molecular weight excluding hydrogens is 505 g/mol. The second-order valence-electron chi connectivity index (χ2n) is 10.5. The van der Waals surface area contributed by atoms with Gasteiger partial charge in [0.15, 0.2) is 5.82 Å². The molecule has 1 N–H and O–H groups in total. The van der Waals surface area contributed by atoms with Crippen LogP contribution >= 0.6 is 0 Å². The number of amides is 1. The van der Waals surface area contributed by atoms with Crippen molar-refractivity contribution in [2.45, 2.75) is 69.3 Å². The summed E-state index contributed by atoms with van der Waals surface area (Å²) in [7, 11) is 3.41. The van der Waals surface area contributed by atoms with Gasteiger partial charge in [0, 0.05) is 49.6 Å². The molecule has 3 saturated heterocycles. The Hall–Kier alpha value is -3.80. The van der Waals surface area contributed by atoms with E-state index in [0.717, 1.165) is 44.9 Å². The maximum absolute atomic E-state index is 15.4. The lowest BCUT2D eigenvalue weighted by atomic mass is 9.96. The van der Waals surface area contributed by atoms with Crippen LogP contribution in [0.25, 0.3) is 22.5 Å². The average molecular weight is 538 g/mol. The summed E-state index contributed by atoms with van der Waals surface area (Å²) in [6.45, 7) is 0.689. The third kappa shape index (κ3) is 4.77. The lowest BCUT2D eigenvalue weighted by Crippen LogP contribution is -2.51. The van der Waals surface area contributed by atoms with Gasteiger partial charge in [0.05, 0.1) is 24.6 Å². The molecule has 3 aromatic rings. The zero-order valence-electron chi connectivity index (χ0n) is 22.0. The van der Waals surface area contributed by atoms with E-state index in [1.165, 1.54) is 13.2 Å². The molecule has 1 amide bonds. The summed E-state index contributed by atoms with van der Waals surface area (Å²) in [5.74, 6) is 0.315. The van der Waals surface area contributed by atoms with Crippen molar-refractivity contribution in [2.75, 3.05) is 25.7 Å². The number of fused-ring (bicyclic) bond motifs is 2. The first-order valence-corrected chi connectivity index (χ1v) is 13.4. The number of halogens is 1. The number of ether oxygens (including phenoxy) is 2. The number of hydrogen-bond acceptors (Lipinski definition) is 8. The van der Waals surface area contributed by atoms with Gasteiger partial charge in [-0.25, -0.2) is 18.9 Å². The molecule has 3 atom stereocenters. The van der Waals surface area contributed by atoms with Crippen LogP contribution in [0.2, 0.25) is 0 Å². The highest BCUT2D eigenvalue weighted by atomic mass is 19.1. The zero-order valence-corrected chi connectivity index (χ0v) is 22.0. The standard InChI is InChI=1S/C27H32FN7O4/c1-33(19-11-17-6-7-18(12-19)35(17)27(36)37)23-9-8-21(31-32-23)22-13-20(28)25(26(30-22)38-2)16-14-29-34(15-16)24-5-3-4-10-39-24/h8-9,13-15,17-19,24H,3-7,10-12H2,1-2H3,(H,36,37). The number of nitrogens with zero attached hydrogens (tertiary/aromatic N) is 7.